The maximum atomic E-state index is 6.57. The highest BCUT2D eigenvalue weighted by Gasteiger charge is 2.22. The van der Waals surface area contributed by atoms with E-state index in [0.717, 1.165) is 95.1 Å². The Hall–Kier alpha value is -1.93. The van der Waals surface area contributed by atoms with Gasteiger partial charge < -0.3 is 20.1 Å². The van der Waals surface area contributed by atoms with Crippen LogP contribution in [0.5, 0.6) is 0 Å². The molecular weight excluding hydrogens is 509 g/mol. The van der Waals surface area contributed by atoms with Crippen LogP contribution in [0, 0.1) is 11.8 Å². The van der Waals surface area contributed by atoms with Gasteiger partial charge in [-0.3, -0.25) is 4.99 Å². The summed E-state index contributed by atoms with van der Waals surface area (Å²) in [5.41, 5.74) is 1.45. The van der Waals surface area contributed by atoms with Gasteiger partial charge in [0, 0.05) is 50.4 Å². The van der Waals surface area contributed by atoms with Crippen molar-refractivity contribution in [2.24, 2.45) is 16.8 Å². The maximum Gasteiger partial charge on any atom is 0.126 e. The van der Waals surface area contributed by atoms with Crippen molar-refractivity contribution >= 4 is 41.1 Å². The average molecular weight is 547 g/mol. The lowest BCUT2D eigenvalue weighted by molar-refractivity contribution is 0.0699. The van der Waals surface area contributed by atoms with Crippen molar-refractivity contribution in [2.75, 3.05) is 43.5 Å². The predicted octanol–water partition coefficient (Wildman–Crippen LogP) is 6.51. The summed E-state index contributed by atoms with van der Waals surface area (Å²) in [6.45, 7) is 4.23. The largest absolute Gasteiger partial charge is 0.381 e. The molecule has 1 saturated carbocycles. The molecular formula is C28H37Cl2N5O2. The van der Waals surface area contributed by atoms with Crippen LogP contribution in [0.2, 0.25) is 10.0 Å². The fourth-order valence-corrected chi connectivity index (χ4v) is 5.77. The summed E-state index contributed by atoms with van der Waals surface area (Å²) in [5.74, 6) is 2.74. The standard InChI is InChI=1S/C28H37Cl2N5O2/c29-24-7-8-26(32-16-20-9-12-36-13-10-20)35-28(24)23-14-27(33-18-25(23)30)34-21-5-3-19(4-6-21)15-31-17-22-2-1-11-37-22/h7-8,14-15,18-22H,1-6,9-13,16-17H2,(H,32,35)(H,33,34). The second-order valence-electron chi connectivity index (χ2n) is 10.4. The molecule has 0 bridgehead atoms. The van der Waals surface area contributed by atoms with Crippen LogP contribution in [0.15, 0.2) is 29.4 Å². The number of pyridine rings is 2. The van der Waals surface area contributed by atoms with Gasteiger partial charge in [-0.15, -0.1) is 0 Å². The Balaban J connectivity index is 1.17. The first-order valence-corrected chi connectivity index (χ1v) is 14.4. The molecule has 9 heteroatoms. The van der Waals surface area contributed by atoms with E-state index in [4.69, 9.17) is 37.7 Å². The molecule has 0 radical (unpaired) electrons. The lowest BCUT2D eigenvalue weighted by Gasteiger charge is -2.27. The Morgan fingerprint density at radius 2 is 1.81 bits per heavy atom. The zero-order chi connectivity index (χ0) is 25.5. The Bertz CT molecular complexity index is 1050. The van der Waals surface area contributed by atoms with Crippen molar-refractivity contribution in [1.82, 2.24) is 9.97 Å². The van der Waals surface area contributed by atoms with Gasteiger partial charge in [-0.1, -0.05) is 23.2 Å². The second kappa shape index (κ2) is 13.2. The van der Waals surface area contributed by atoms with E-state index in [1.54, 1.807) is 6.20 Å². The van der Waals surface area contributed by atoms with E-state index in [2.05, 4.69) is 26.8 Å². The minimum Gasteiger partial charge on any atom is -0.381 e. The molecule has 2 saturated heterocycles. The summed E-state index contributed by atoms with van der Waals surface area (Å²) in [6.07, 6.45) is 13.0. The summed E-state index contributed by atoms with van der Waals surface area (Å²) in [5, 5.41) is 8.18. The van der Waals surface area contributed by atoms with Crippen LogP contribution < -0.4 is 10.6 Å². The molecule has 200 valence electrons. The second-order valence-corrected chi connectivity index (χ2v) is 11.2. The van der Waals surface area contributed by atoms with Crippen LogP contribution in [0.25, 0.3) is 11.3 Å². The summed E-state index contributed by atoms with van der Waals surface area (Å²) >= 11 is 13.1. The molecule has 1 unspecified atom stereocenters. The van der Waals surface area contributed by atoms with Crippen molar-refractivity contribution in [1.29, 1.82) is 0 Å². The molecule has 2 N–H and O–H groups in total. The molecule has 5 rings (SSSR count). The van der Waals surface area contributed by atoms with Gasteiger partial charge in [0.1, 0.15) is 11.6 Å². The van der Waals surface area contributed by atoms with E-state index in [-0.39, 0.29) is 0 Å². The van der Waals surface area contributed by atoms with Gasteiger partial charge in [-0.05, 0) is 81.4 Å². The van der Waals surface area contributed by atoms with E-state index in [9.17, 15) is 0 Å². The zero-order valence-corrected chi connectivity index (χ0v) is 22.8. The third-order valence-corrected chi connectivity index (χ3v) is 8.25. The first-order chi connectivity index (χ1) is 18.1. The summed E-state index contributed by atoms with van der Waals surface area (Å²) < 4.78 is 11.1. The fourth-order valence-electron chi connectivity index (χ4n) is 5.37. The first kappa shape index (κ1) is 26.7. The monoisotopic (exact) mass is 545 g/mol. The van der Waals surface area contributed by atoms with E-state index in [0.29, 0.717) is 39.7 Å². The first-order valence-electron chi connectivity index (χ1n) is 13.7. The normalized spacial score (nSPS) is 25.0. The number of aromatic nitrogens is 2. The number of hydrogen-bond donors (Lipinski definition) is 2. The molecule has 0 aromatic carbocycles. The molecule has 37 heavy (non-hydrogen) atoms. The molecule has 2 aliphatic heterocycles. The highest BCUT2D eigenvalue weighted by atomic mass is 35.5. The van der Waals surface area contributed by atoms with Crippen LogP contribution in [-0.2, 0) is 9.47 Å². The van der Waals surface area contributed by atoms with Crippen LogP contribution in [0.4, 0.5) is 11.6 Å². The molecule has 7 nitrogen and oxygen atoms in total. The number of ether oxygens (including phenoxy) is 2. The quantitative estimate of drug-likeness (QED) is 0.349. The van der Waals surface area contributed by atoms with Crippen molar-refractivity contribution in [2.45, 2.75) is 63.5 Å². The van der Waals surface area contributed by atoms with Crippen molar-refractivity contribution in [3.05, 3.63) is 34.4 Å². The molecule has 1 atom stereocenters. The number of nitrogens with zero attached hydrogens (tertiary/aromatic N) is 3. The number of halogens is 2. The number of anilines is 2. The fraction of sp³-hybridized carbons (Fsp3) is 0.607. The van der Waals surface area contributed by atoms with Gasteiger partial charge in [0.25, 0.3) is 0 Å². The van der Waals surface area contributed by atoms with Crippen LogP contribution in [0.3, 0.4) is 0 Å². The number of nitrogens with one attached hydrogen (secondary N) is 2. The third-order valence-electron chi connectivity index (χ3n) is 7.64. The number of hydrogen-bond acceptors (Lipinski definition) is 7. The lowest BCUT2D eigenvalue weighted by Crippen LogP contribution is -2.27. The van der Waals surface area contributed by atoms with Crippen molar-refractivity contribution < 1.29 is 9.47 Å². The van der Waals surface area contributed by atoms with Crippen molar-refractivity contribution in [3.8, 4) is 11.3 Å². The molecule has 2 aromatic rings. The van der Waals surface area contributed by atoms with Gasteiger partial charge in [0.05, 0.1) is 28.4 Å². The minimum atomic E-state index is 0.325. The smallest absolute Gasteiger partial charge is 0.126 e. The van der Waals surface area contributed by atoms with E-state index < -0.39 is 0 Å². The Kier molecular flexibility index (Phi) is 9.54. The highest BCUT2D eigenvalue weighted by molar-refractivity contribution is 6.36. The number of aliphatic imine (C=N–C) groups is 1. The molecule has 2 aromatic heterocycles. The highest BCUT2D eigenvalue weighted by Crippen LogP contribution is 2.35. The van der Waals surface area contributed by atoms with Crippen LogP contribution >= 0.6 is 23.2 Å². The number of rotatable bonds is 9. The lowest BCUT2D eigenvalue weighted by atomic mass is 9.87. The Morgan fingerprint density at radius 1 is 0.973 bits per heavy atom. The van der Waals surface area contributed by atoms with E-state index in [1.165, 1.54) is 6.42 Å². The third kappa shape index (κ3) is 7.56. The molecule has 4 heterocycles. The predicted molar refractivity (Wildman–Crippen MR) is 151 cm³/mol. The van der Waals surface area contributed by atoms with Crippen LogP contribution in [-0.4, -0.2) is 61.2 Å². The van der Waals surface area contributed by atoms with Gasteiger partial charge in [-0.2, -0.15) is 0 Å². The molecule has 0 spiro atoms. The average Bonchev–Trinajstić information content (AvgIpc) is 3.45. The van der Waals surface area contributed by atoms with Gasteiger partial charge in [0.15, 0.2) is 0 Å². The zero-order valence-electron chi connectivity index (χ0n) is 21.3. The van der Waals surface area contributed by atoms with Crippen molar-refractivity contribution in [3.63, 3.8) is 0 Å². The maximum absolute atomic E-state index is 6.57. The molecule has 1 aliphatic carbocycles. The molecule has 3 fully saturated rings. The minimum absolute atomic E-state index is 0.325. The van der Waals surface area contributed by atoms with E-state index in [1.807, 2.05) is 18.2 Å². The summed E-state index contributed by atoms with van der Waals surface area (Å²) in [4.78, 5) is 14.0. The van der Waals surface area contributed by atoms with Gasteiger partial charge in [0.2, 0.25) is 0 Å². The SMILES string of the molecule is Clc1cnc(NC2CCC(C=NCC3CCCO3)CC2)cc1-c1nc(NCC2CCOCC2)ccc1Cl. The van der Waals surface area contributed by atoms with Crippen LogP contribution in [0.1, 0.15) is 51.4 Å². The van der Waals surface area contributed by atoms with Gasteiger partial charge in [-0.25, -0.2) is 9.97 Å². The summed E-state index contributed by atoms with van der Waals surface area (Å²) in [6, 6.07) is 6.14. The summed E-state index contributed by atoms with van der Waals surface area (Å²) in [7, 11) is 0. The molecule has 0 amide bonds. The van der Waals surface area contributed by atoms with Gasteiger partial charge >= 0.3 is 0 Å². The van der Waals surface area contributed by atoms with E-state index >= 15 is 0 Å². The Morgan fingerprint density at radius 3 is 2.59 bits per heavy atom. The Labute approximate surface area is 229 Å². The topological polar surface area (TPSA) is 80.7 Å². The molecule has 3 aliphatic rings.